The van der Waals surface area contributed by atoms with Crippen molar-refractivity contribution in [2.24, 2.45) is 0 Å². The highest BCUT2D eigenvalue weighted by Crippen LogP contribution is 2.44. The van der Waals surface area contributed by atoms with Crippen molar-refractivity contribution in [3.8, 4) is 0 Å². The Hall–Kier alpha value is -2.46. The zero-order chi connectivity index (χ0) is 16.9. The molecule has 0 aliphatic carbocycles. The Kier molecular flexibility index (Phi) is 3.28. The van der Waals surface area contributed by atoms with Crippen LogP contribution in [-0.2, 0) is 16.9 Å². The van der Waals surface area contributed by atoms with Gasteiger partial charge in [-0.15, -0.1) is 0 Å². The summed E-state index contributed by atoms with van der Waals surface area (Å²) in [4.78, 5) is 11.7. The molecule has 3 heterocycles. The van der Waals surface area contributed by atoms with Crippen LogP contribution in [0.25, 0.3) is 10.9 Å². The third-order valence-corrected chi connectivity index (χ3v) is 5.58. The zero-order valence-corrected chi connectivity index (χ0v) is 14.4. The standard InChI is InChI=1S/C21H21N3O/c1-15-22-19-9-5-3-7-17(19)20(23-15)24-12-10-21(11-13-24)18-8-4-2-6-16(18)14-25-21/h2-9H,10-14H2,1H3. The summed E-state index contributed by atoms with van der Waals surface area (Å²) in [5.41, 5.74) is 3.65. The van der Waals surface area contributed by atoms with Gasteiger partial charge in [0.05, 0.1) is 17.7 Å². The van der Waals surface area contributed by atoms with Crippen molar-refractivity contribution < 1.29 is 4.74 Å². The van der Waals surface area contributed by atoms with Gasteiger partial charge in [-0.05, 0) is 43.0 Å². The highest BCUT2D eigenvalue weighted by Gasteiger charge is 2.42. The van der Waals surface area contributed by atoms with Gasteiger partial charge in [-0.2, -0.15) is 0 Å². The van der Waals surface area contributed by atoms with E-state index in [2.05, 4.69) is 52.3 Å². The molecule has 126 valence electrons. The first-order chi connectivity index (χ1) is 12.3. The minimum absolute atomic E-state index is 0.106. The molecular formula is C21H21N3O. The van der Waals surface area contributed by atoms with Crippen molar-refractivity contribution in [2.75, 3.05) is 18.0 Å². The molecule has 0 radical (unpaired) electrons. The molecule has 3 aromatic rings. The van der Waals surface area contributed by atoms with Crippen LogP contribution in [0.2, 0.25) is 0 Å². The van der Waals surface area contributed by atoms with Crippen LogP contribution < -0.4 is 4.90 Å². The summed E-state index contributed by atoms with van der Waals surface area (Å²) in [6.45, 7) is 4.62. The topological polar surface area (TPSA) is 38.2 Å². The largest absolute Gasteiger partial charge is 0.365 e. The van der Waals surface area contributed by atoms with E-state index in [1.54, 1.807) is 0 Å². The Bertz CT molecular complexity index is 945. The monoisotopic (exact) mass is 331 g/mol. The molecule has 5 rings (SSSR count). The molecule has 1 fully saturated rings. The quantitative estimate of drug-likeness (QED) is 0.676. The van der Waals surface area contributed by atoms with E-state index < -0.39 is 0 Å². The molecule has 4 nitrogen and oxygen atoms in total. The van der Waals surface area contributed by atoms with Gasteiger partial charge < -0.3 is 9.64 Å². The Morgan fingerprint density at radius 1 is 0.960 bits per heavy atom. The van der Waals surface area contributed by atoms with Crippen molar-refractivity contribution in [1.82, 2.24) is 9.97 Å². The number of hydrogen-bond donors (Lipinski definition) is 0. The maximum absolute atomic E-state index is 6.29. The van der Waals surface area contributed by atoms with E-state index in [0.717, 1.165) is 55.1 Å². The summed E-state index contributed by atoms with van der Waals surface area (Å²) < 4.78 is 6.29. The number of ether oxygens (including phenoxy) is 1. The minimum Gasteiger partial charge on any atom is -0.365 e. The zero-order valence-electron chi connectivity index (χ0n) is 14.4. The fraction of sp³-hybridized carbons (Fsp3) is 0.333. The van der Waals surface area contributed by atoms with Crippen LogP contribution in [0.1, 0.15) is 29.8 Å². The maximum atomic E-state index is 6.29. The summed E-state index contributed by atoms with van der Waals surface area (Å²) in [6.07, 6.45) is 2.00. The fourth-order valence-electron chi connectivity index (χ4n) is 4.29. The van der Waals surface area contributed by atoms with Crippen molar-refractivity contribution in [2.45, 2.75) is 32.0 Å². The SMILES string of the molecule is Cc1nc(N2CCC3(CC2)OCc2ccccc23)c2ccccc2n1. The number of fused-ring (bicyclic) bond motifs is 3. The predicted octanol–water partition coefficient (Wildman–Crippen LogP) is 3.96. The van der Waals surface area contributed by atoms with Crippen LogP contribution in [0.3, 0.4) is 0 Å². The number of rotatable bonds is 1. The summed E-state index contributed by atoms with van der Waals surface area (Å²) in [6, 6.07) is 16.9. The van der Waals surface area contributed by atoms with Crippen molar-refractivity contribution in [1.29, 1.82) is 0 Å². The van der Waals surface area contributed by atoms with Gasteiger partial charge in [0, 0.05) is 18.5 Å². The second-order valence-electron chi connectivity index (χ2n) is 7.04. The molecule has 1 saturated heterocycles. The average Bonchev–Trinajstić information content (AvgIpc) is 3.00. The van der Waals surface area contributed by atoms with Crippen molar-refractivity contribution in [3.05, 3.63) is 65.5 Å². The van der Waals surface area contributed by atoms with Gasteiger partial charge in [0.15, 0.2) is 0 Å². The molecule has 0 saturated carbocycles. The van der Waals surface area contributed by atoms with Gasteiger partial charge in [-0.3, -0.25) is 0 Å². The van der Waals surface area contributed by atoms with E-state index in [0.29, 0.717) is 0 Å². The number of nitrogens with zero attached hydrogens (tertiary/aromatic N) is 3. The summed E-state index contributed by atoms with van der Waals surface area (Å²) in [5, 5.41) is 1.14. The average molecular weight is 331 g/mol. The van der Waals surface area contributed by atoms with Gasteiger partial charge in [-0.25, -0.2) is 9.97 Å². The first kappa shape index (κ1) is 14.8. The van der Waals surface area contributed by atoms with Crippen LogP contribution in [0.4, 0.5) is 5.82 Å². The Balaban J connectivity index is 1.47. The first-order valence-corrected chi connectivity index (χ1v) is 8.96. The molecule has 1 spiro atoms. The number of para-hydroxylation sites is 1. The number of piperidine rings is 1. The molecule has 0 amide bonds. The third kappa shape index (κ3) is 2.32. The molecule has 2 aromatic carbocycles. The van der Waals surface area contributed by atoms with Gasteiger partial charge in [0.1, 0.15) is 11.6 Å². The normalized spacial score (nSPS) is 18.7. The Morgan fingerprint density at radius 2 is 1.72 bits per heavy atom. The molecule has 2 aliphatic heterocycles. The Labute approximate surface area is 147 Å². The summed E-state index contributed by atoms with van der Waals surface area (Å²) in [7, 11) is 0. The van der Waals surface area contributed by atoms with E-state index >= 15 is 0 Å². The number of aryl methyl sites for hydroxylation is 1. The second kappa shape index (κ2) is 5.53. The highest BCUT2D eigenvalue weighted by molar-refractivity contribution is 5.89. The molecular weight excluding hydrogens is 310 g/mol. The van der Waals surface area contributed by atoms with Crippen molar-refractivity contribution in [3.63, 3.8) is 0 Å². The lowest BCUT2D eigenvalue weighted by molar-refractivity contribution is -0.0551. The van der Waals surface area contributed by atoms with Gasteiger partial charge in [-0.1, -0.05) is 36.4 Å². The van der Waals surface area contributed by atoms with Crippen LogP contribution in [0.5, 0.6) is 0 Å². The van der Waals surface area contributed by atoms with Crippen LogP contribution in [-0.4, -0.2) is 23.1 Å². The van der Waals surface area contributed by atoms with Gasteiger partial charge in [0.25, 0.3) is 0 Å². The molecule has 0 unspecified atom stereocenters. The number of anilines is 1. The molecule has 1 aromatic heterocycles. The molecule has 25 heavy (non-hydrogen) atoms. The van der Waals surface area contributed by atoms with E-state index in [1.165, 1.54) is 11.1 Å². The lowest BCUT2D eigenvalue weighted by Crippen LogP contribution is -2.43. The third-order valence-electron chi connectivity index (χ3n) is 5.58. The smallest absolute Gasteiger partial charge is 0.140 e. The molecule has 4 heteroatoms. The van der Waals surface area contributed by atoms with Crippen molar-refractivity contribution >= 4 is 16.7 Å². The maximum Gasteiger partial charge on any atom is 0.140 e. The Morgan fingerprint density at radius 3 is 2.60 bits per heavy atom. The highest BCUT2D eigenvalue weighted by atomic mass is 16.5. The minimum atomic E-state index is -0.106. The van der Waals surface area contributed by atoms with Crippen LogP contribution >= 0.6 is 0 Å². The lowest BCUT2D eigenvalue weighted by atomic mass is 9.84. The summed E-state index contributed by atoms with van der Waals surface area (Å²) >= 11 is 0. The molecule has 0 bridgehead atoms. The molecule has 0 atom stereocenters. The van der Waals surface area contributed by atoms with E-state index in [-0.39, 0.29) is 5.60 Å². The van der Waals surface area contributed by atoms with E-state index in [1.807, 2.05) is 13.0 Å². The number of benzene rings is 2. The fourth-order valence-corrected chi connectivity index (χ4v) is 4.29. The predicted molar refractivity (Wildman–Crippen MR) is 98.6 cm³/mol. The van der Waals surface area contributed by atoms with Gasteiger partial charge >= 0.3 is 0 Å². The lowest BCUT2D eigenvalue weighted by Gasteiger charge is -2.40. The second-order valence-corrected chi connectivity index (χ2v) is 7.04. The summed E-state index contributed by atoms with van der Waals surface area (Å²) in [5.74, 6) is 1.89. The van der Waals surface area contributed by atoms with Crippen LogP contribution in [0, 0.1) is 6.92 Å². The van der Waals surface area contributed by atoms with E-state index in [4.69, 9.17) is 9.72 Å². The molecule has 2 aliphatic rings. The van der Waals surface area contributed by atoms with E-state index in [9.17, 15) is 0 Å². The first-order valence-electron chi connectivity index (χ1n) is 8.96. The van der Waals surface area contributed by atoms with Gasteiger partial charge in [0.2, 0.25) is 0 Å². The number of aromatic nitrogens is 2. The van der Waals surface area contributed by atoms with Crippen LogP contribution in [0.15, 0.2) is 48.5 Å². The number of hydrogen-bond acceptors (Lipinski definition) is 4. The molecule has 0 N–H and O–H groups in total.